The summed E-state index contributed by atoms with van der Waals surface area (Å²) < 4.78 is 53.9. The summed E-state index contributed by atoms with van der Waals surface area (Å²) >= 11 is 4.40. The number of hydrogen-bond acceptors (Lipinski definition) is 1. The maximum Gasteiger partial charge on any atom is 0.261 e. The Kier molecular flexibility index (Phi) is 4.87. The Bertz CT molecular complexity index is 692. The summed E-state index contributed by atoms with van der Waals surface area (Å²) in [6.07, 6.45) is 0. The van der Waals surface area contributed by atoms with Gasteiger partial charge in [-0.15, -0.1) is 0 Å². The monoisotopic (exact) mass is 473 g/mol. The highest BCUT2D eigenvalue weighted by atomic mass is 127. The van der Waals surface area contributed by atoms with Gasteiger partial charge in [0.2, 0.25) is 0 Å². The van der Waals surface area contributed by atoms with Crippen LogP contribution in [-0.2, 0) is 0 Å². The van der Waals surface area contributed by atoms with E-state index in [0.717, 1.165) is 3.57 Å². The van der Waals surface area contributed by atoms with E-state index in [1.165, 1.54) is 12.1 Å². The molecule has 0 aliphatic heterocycles. The summed E-state index contributed by atoms with van der Waals surface area (Å²) in [5, 5.41) is 2.17. The molecule has 0 aliphatic carbocycles. The smallest absolute Gasteiger partial charge is 0.261 e. The number of anilines is 1. The topological polar surface area (TPSA) is 29.1 Å². The van der Waals surface area contributed by atoms with Crippen molar-refractivity contribution in [2.75, 3.05) is 5.32 Å². The third-order valence-electron chi connectivity index (χ3n) is 2.54. The Balaban J connectivity index is 2.42. The molecule has 110 valence electrons. The minimum atomic E-state index is -1.76. The number of hydrogen-bond donors (Lipinski definition) is 1. The van der Waals surface area contributed by atoms with Crippen LogP contribution in [0.5, 0.6) is 0 Å². The predicted molar refractivity (Wildman–Crippen MR) is 81.1 cm³/mol. The number of rotatable bonds is 2. The van der Waals surface area contributed by atoms with Crippen molar-refractivity contribution in [2.45, 2.75) is 0 Å². The SMILES string of the molecule is O=C(Nc1ccc(I)cc1)c1c(F)c(F)c(Br)c(F)c1F. The van der Waals surface area contributed by atoms with Crippen molar-refractivity contribution in [1.82, 2.24) is 0 Å². The lowest BCUT2D eigenvalue weighted by molar-refractivity contribution is 0.101. The van der Waals surface area contributed by atoms with Gasteiger partial charge in [-0.05, 0) is 62.8 Å². The largest absolute Gasteiger partial charge is 0.322 e. The Morgan fingerprint density at radius 2 is 1.43 bits per heavy atom. The van der Waals surface area contributed by atoms with Crippen LogP contribution in [0.4, 0.5) is 23.2 Å². The molecule has 0 heterocycles. The standard InChI is InChI=1S/C13H5BrF4INO/c14-8-11(17)9(15)7(10(16)12(8)18)13(21)20-6-3-1-5(19)2-4-6/h1-4H,(H,20,21). The van der Waals surface area contributed by atoms with Gasteiger partial charge in [0.05, 0.1) is 4.47 Å². The maximum atomic E-state index is 13.6. The molecule has 0 radical (unpaired) electrons. The van der Waals surface area contributed by atoms with Crippen LogP contribution in [0.2, 0.25) is 0 Å². The molecule has 0 fully saturated rings. The molecule has 8 heteroatoms. The molecule has 2 rings (SSSR count). The first-order valence-corrected chi connectivity index (χ1v) is 7.28. The highest BCUT2D eigenvalue weighted by molar-refractivity contribution is 14.1. The molecule has 1 N–H and O–H groups in total. The fourth-order valence-corrected chi connectivity index (χ4v) is 2.24. The zero-order valence-corrected chi connectivity index (χ0v) is 13.7. The van der Waals surface area contributed by atoms with Crippen molar-refractivity contribution in [3.63, 3.8) is 0 Å². The second-order valence-corrected chi connectivity index (χ2v) is 5.94. The third kappa shape index (κ3) is 3.20. The molecule has 2 nitrogen and oxygen atoms in total. The minimum Gasteiger partial charge on any atom is -0.322 e. The van der Waals surface area contributed by atoms with Gasteiger partial charge in [-0.25, -0.2) is 17.6 Å². The van der Waals surface area contributed by atoms with Gasteiger partial charge in [-0.1, -0.05) is 0 Å². The van der Waals surface area contributed by atoms with Crippen molar-refractivity contribution >= 4 is 50.1 Å². The van der Waals surface area contributed by atoms with Gasteiger partial charge >= 0.3 is 0 Å². The van der Waals surface area contributed by atoms with Crippen LogP contribution in [0.3, 0.4) is 0 Å². The zero-order valence-electron chi connectivity index (χ0n) is 9.99. The van der Waals surface area contributed by atoms with Crippen molar-refractivity contribution in [1.29, 1.82) is 0 Å². The Hall–Kier alpha value is -1.16. The van der Waals surface area contributed by atoms with Gasteiger partial charge in [-0.3, -0.25) is 4.79 Å². The first kappa shape index (κ1) is 16.2. The molecular weight excluding hydrogens is 469 g/mol. The van der Waals surface area contributed by atoms with Gasteiger partial charge in [0.15, 0.2) is 23.3 Å². The van der Waals surface area contributed by atoms with Crippen LogP contribution >= 0.6 is 38.5 Å². The summed E-state index contributed by atoms with van der Waals surface area (Å²) in [6, 6.07) is 6.26. The molecule has 21 heavy (non-hydrogen) atoms. The molecule has 0 bridgehead atoms. The molecule has 0 atom stereocenters. The molecule has 0 unspecified atom stereocenters. The summed E-state index contributed by atoms with van der Waals surface area (Å²) in [7, 11) is 0. The zero-order chi connectivity index (χ0) is 15.7. The van der Waals surface area contributed by atoms with Gasteiger partial charge in [0.25, 0.3) is 5.91 Å². The predicted octanol–water partition coefficient (Wildman–Crippen LogP) is 4.86. The lowest BCUT2D eigenvalue weighted by Gasteiger charge is -2.09. The second kappa shape index (κ2) is 6.30. The molecule has 0 aliphatic rings. The fraction of sp³-hybridized carbons (Fsp3) is 0. The molecular formula is C13H5BrF4INO. The van der Waals surface area contributed by atoms with Crippen LogP contribution in [0.25, 0.3) is 0 Å². The quantitative estimate of drug-likeness (QED) is 0.287. The van der Waals surface area contributed by atoms with Crippen molar-refractivity contribution in [3.05, 3.63) is 61.1 Å². The van der Waals surface area contributed by atoms with Gasteiger partial charge in [-0.2, -0.15) is 0 Å². The Labute approximate surface area is 138 Å². The first-order chi connectivity index (χ1) is 9.82. The normalized spacial score (nSPS) is 10.6. The molecule has 2 aromatic rings. The highest BCUT2D eigenvalue weighted by Crippen LogP contribution is 2.28. The molecule has 0 saturated carbocycles. The van der Waals surface area contributed by atoms with Crippen LogP contribution in [0, 0.1) is 26.8 Å². The lowest BCUT2D eigenvalue weighted by Crippen LogP contribution is -2.18. The average molecular weight is 474 g/mol. The highest BCUT2D eigenvalue weighted by Gasteiger charge is 2.28. The fourth-order valence-electron chi connectivity index (χ4n) is 1.53. The number of halogens is 6. The van der Waals surface area contributed by atoms with E-state index in [9.17, 15) is 22.4 Å². The van der Waals surface area contributed by atoms with Crippen LogP contribution in [-0.4, -0.2) is 5.91 Å². The summed E-state index contributed by atoms with van der Waals surface area (Å²) in [5.41, 5.74) is -1.07. The Morgan fingerprint density at radius 1 is 0.952 bits per heavy atom. The van der Waals surface area contributed by atoms with Crippen LogP contribution in [0.1, 0.15) is 10.4 Å². The molecule has 0 spiro atoms. The summed E-state index contributed by atoms with van der Waals surface area (Å²) in [4.78, 5) is 11.8. The maximum absolute atomic E-state index is 13.6. The van der Waals surface area contributed by atoms with Crippen molar-refractivity contribution in [3.8, 4) is 0 Å². The van der Waals surface area contributed by atoms with Gasteiger partial charge in [0.1, 0.15) is 5.56 Å². The van der Waals surface area contributed by atoms with Gasteiger partial charge in [0, 0.05) is 9.26 Å². The van der Waals surface area contributed by atoms with E-state index in [2.05, 4.69) is 21.2 Å². The molecule has 2 aromatic carbocycles. The van der Waals surface area contributed by atoms with Crippen LogP contribution < -0.4 is 5.32 Å². The number of carbonyl (C=O) groups excluding carboxylic acids is 1. The first-order valence-electron chi connectivity index (χ1n) is 5.41. The van der Waals surface area contributed by atoms with E-state index in [-0.39, 0.29) is 5.69 Å². The average Bonchev–Trinajstić information content (AvgIpc) is 2.46. The van der Waals surface area contributed by atoms with E-state index in [1.807, 2.05) is 22.6 Å². The van der Waals surface area contributed by atoms with E-state index >= 15 is 0 Å². The third-order valence-corrected chi connectivity index (χ3v) is 3.95. The second-order valence-electron chi connectivity index (χ2n) is 3.91. The number of nitrogens with one attached hydrogen (secondary N) is 1. The number of benzene rings is 2. The van der Waals surface area contributed by atoms with Crippen molar-refractivity contribution in [2.24, 2.45) is 0 Å². The molecule has 0 saturated heterocycles. The minimum absolute atomic E-state index is 0.239. The van der Waals surface area contributed by atoms with Gasteiger partial charge < -0.3 is 5.32 Å². The van der Waals surface area contributed by atoms with E-state index < -0.39 is 39.2 Å². The van der Waals surface area contributed by atoms with E-state index in [1.54, 1.807) is 12.1 Å². The summed E-state index contributed by atoms with van der Waals surface area (Å²) in [5.74, 6) is -8.13. The Morgan fingerprint density at radius 3 is 1.90 bits per heavy atom. The van der Waals surface area contributed by atoms with Crippen molar-refractivity contribution < 1.29 is 22.4 Å². The van der Waals surface area contributed by atoms with E-state index in [0.29, 0.717) is 0 Å². The summed E-state index contributed by atoms with van der Waals surface area (Å²) in [6.45, 7) is 0. The van der Waals surface area contributed by atoms with E-state index in [4.69, 9.17) is 0 Å². The molecule has 1 amide bonds. The van der Waals surface area contributed by atoms with Crippen LogP contribution in [0.15, 0.2) is 28.7 Å². The number of amides is 1. The lowest BCUT2D eigenvalue weighted by atomic mass is 10.1. The molecule has 0 aromatic heterocycles. The number of carbonyl (C=O) groups is 1.